The first kappa shape index (κ1) is 9.74. The fourth-order valence-electron chi connectivity index (χ4n) is 1.22. The number of rotatable bonds is 1. The molecule has 2 aromatic rings. The van der Waals surface area contributed by atoms with E-state index in [0.29, 0.717) is 5.15 Å². The maximum Gasteiger partial charge on any atom is 0.143 e. The number of aromatic nitrogens is 1. The number of nitrogens with zero attached hydrogens (tertiary/aromatic N) is 1. The van der Waals surface area contributed by atoms with E-state index in [1.165, 1.54) is 0 Å². The van der Waals surface area contributed by atoms with Crippen molar-refractivity contribution in [1.82, 2.24) is 4.98 Å². The SMILES string of the molecule is COc1ccc2cc(Br)c(Cl)nc2c1. The van der Waals surface area contributed by atoms with Crippen molar-refractivity contribution in [3.8, 4) is 5.75 Å². The molecule has 2 rings (SSSR count). The molecule has 0 N–H and O–H groups in total. The highest BCUT2D eigenvalue weighted by atomic mass is 79.9. The summed E-state index contributed by atoms with van der Waals surface area (Å²) < 4.78 is 5.90. The maximum atomic E-state index is 5.88. The Morgan fingerprint density at radius 3 is 2.86 bits per heavy atom. The van der Waals surface area contributed by atoms with Crippen LogP contribution in [-0.4, -0.2) is 12.1 Å². The Balaban J connectivity index is 2.70. The van der Waals surface area contributed by atoms with Crippen LogP contribution in [0.15, 0.2) is 28.7 Å². The topological polar surface area (TPSA) is 22.1 Å². The van der Waals surface area contributed by atoms with Crippen molar-refractivity contribution in [2.24, 2.45) is 0 Å². The lowest BCUT2D eigenvalue weighted by molar-refractivity contribution is 0.415. The Labute approximate surface area is 95.0 Å². The number of hydrogen-bond donors (Lipinski definition) is 0. The van der Waals surface area contributed by atoms with Crippen molar-refractivity contribution in [3.05, 3.63) is 33.9 Å². The molecule has 1 aromatic heterocycles. The zero-order valence-electron chi connectivity index (χ0n) is 7.42. The smallest absolute Gasteiger partial charge is 0.143 e. The van der Waals surface area contributed by atoms with Gasteiger partial charge in [0.05, 0.1) is 17.1 Å². The second-order valence-electron chi connectivity index (χ2n) is 2.82. The highest BCUT2D eigenvalue weighted by Crippen LogP contribution is 2.27. The molecule has 1 aromatic carbocycles. The number of ether oxygens (including phenoxy) is 1. The Hall–Kier alpha value is -0.800. The van der Waals surface area contributed by atoms with E-state index in [2.05, 4.69) is 20.9 Å². The van der Waals surface area contributed by atoms with Gasteiger partial charge >= 0.3 is 0 Å². The van der Waals surface area contributed by atoms with Gasteiger partial charge in [0.2, 0.25) is 0 Å². The van der Waals surface area contributed by atoms with Gasteiger partial charge < -0.3 is 4.74 Å². The standard InChI is InChI=1S/C10H7BrClNO/c1-14-7-3-2-6-4-8(11)10(12)13-9(6)5-7/h2-5H,1H3. The Bertz CT molecular complexity index is 487. The van der Waals surface area contributed by atoms with Crippen LogP contribution in [0.5, 0.6) is 5.75 Å². The van der Waals surface area contributed by atoms with Gasteiger partial charge in [-0.3, -0.25) is 0 Å². The maximum absolute atomic E-state index is 5.88. The van der Waals surface area contributed by atoms with Gasteiger partial charge in [-0.1, -0.05) is 11.6 Å². The lowest BCUT2D eigenvalue weighted by Gasteiger charge is -2.03. The number of halogens is 2. The molecule has 4 heteroatoms. The summed E-state index contributed by atoms with van der Waals surface area (Å²) in [6, 6.07) is 7.63. The molecule has 2 nitrogen and oxygen atoms in total. The van der Waals surface area contributed by atoms with Crippen LogP contribution in [0.2, 0.25) is 5.15 Å². The van der Waals surface area contributed by atoms with Crippen molar-refractivity contribution < 1.29 is 4.74 Å². The molecule has 0 saturated heterocycles. The molecule has 0 atom stereocenters. The summed E-state index contributed by atoms with van der Waals surface area (Å²) in [5.74, 6) is 0.781. The summed E-state index contributed by atoms with van der Waals surface area (Å²) in [4.78, 5) is 4.22. The van der Waals surface area contributed by atoms with Crippen molar-refractivity contribution in [2.45, 2.75) is 0 Å². The molecule has 0 aliphatic rings. The van der Waals surface area contributed by atoms with E-state index < -0.39 is 0 Å². The fraction of sp³-hybridized carbons (Fsp3) is 0.100. The van der Waals surface area contributed by atoms with Crippen molar-refractivity contribution in [2.75, 3.05) is 7.11 Å². The van der Waals surface area contributed by atoms with Gasteiger partial charge in [-0.05, 0) is 34.1 Å². The van der Waals surface area contributed by atoms with Crippen LogP contribution in [0, 0.1) is 0 Å². The summed E-state index contributed by atoms with van der Waals surface area (Å²) in [5.41, 5.74) is 0.831. The van der Waals surface area contributed by atoms with Crippen LogP contribution >= 0.6 is 27.5 Å². The first-order chi connectivity index (χ1) is 6.70. The lowest BCUT2D eigenvalue weighted by atomic mass is 10.2. The molecular weight excluding hydrogens is 265 g/mol. The van der Waals surface area contributed by atoms with Gasteiger partial charge in [0, 0.05) is 11.5 Å². The second kappa shape index (κ2) is 3.75. The largest absolute Gasteiger partial charge is 0.497 e. The van der Waals surface area contributed by atoms with E-state index in [-0.39, 0.29) is 0 Å². The average molecular weight is 273 g/mol. The quantitative estimate of drug-likeness (QED) is 0.739. The monoisotopic (exact) mass is 271 g/mol. The van der Waals surface area contributed by atoms with Crippen molar-refractivity contribution in [3.63, 3.8) is 0 Å². The molecule has 0 unspecified atom stereocenters. The van der Waals surface area contributed by atoms with Crippen LogP contribution in [-0.2, 0) is 0 Å². The number of pyridine rings is 1. The third-order valence-electron chi connectivity index (χ3n) is 1.94. The Kier molecular flexibility index (Phi) is 2.61. The first-order valence-electron chi connectivity index (χ1n) is 4.00. The van der Waals surface area contributed by atoms with Crippen LogP contribution in [0.4, 0.5) is 0 Å². The molecule has 0 bridgehead atoms. The van der Waals surface area contributed by atoms with Gasteiger partial charge in [-0.25, -0.2) is 4.98 Å². The Morgan fingerprint density at radius 1 is 1.36 bits per heavy atom. The Morgan fingerprint density at radius 2 is 2.14 bits per heavy atom. The molecule has 0 fully saturated rings. The van der Waals surface area contributed by atoms with Gasteiger partial charge in [0.15, 0.2) is 0 Å². The summed E-state index contributed by atoms with van der Waals surface area (Å²) in [7, 11) is 1.63. The minimum atomic E-state index is 0.464. The highest BCUT2D eigenvalue weighted by Gasteiger charge is 2.02. The summed E-state index contributed by atoms with van der Waals surface area (Å²) in [5, 5.41) is 1.49. The molecule has 14 heavy (non-hydrogen) atoms. The van der Waals surface area contributed by atoms with Gasteiger partial charge in [0.25, 0.3) is 0 Å². The lowest BCUT2D eigenvalue weighted by Crippen LogP contribution is -1.85. The van der Waals surface area contributed by atoms with Crippen molar-refractivity contribution in [1.29, 1.82) is 0 Å². The molecule has 72 valence electrons. The van der Waals surface area contributed by atoms with Gasteiger partial charge in [-0.15, -0.1) is 0 Å². The van der Waals surface area contributed by atoms with E-state index in [4.69, 9.17) is 16.3 Å². The normalized spacial score (nSPS) is 10.5. The summed E-state index contributed by atoms with van der Waals surface area (Å²) in [6.07, 6.45) is 0. The number of benzene rings is 1. The molecule has 0 aliphatic heterocycles. The molecule has 0 saturated carbocycles. The number of methoxy groups -OCH3 is 1. The zero-order chi connectivity index (χ0) is 10.1. The highest BCUT2D eigenvalue weighted by molar-refractivity contribution is 9.10. The van der Waals surface area contributed by atoms with E-state index in [1.807, 2.05) is 24.3 Å². The summed E-state index contributed by atoms with van der Waals surface area (Å²) in [6.45, 7) is 0. The number of fused-ring (bicyclic) bond motifs is 1. The van der Waals surface area contributed by atoms with Crippen LogP contribution in [0.25, 0.3) is 10.9 Å². The summed E-state index contributed by atoms with van der Waals surface area (Å²) >= 11 is 9.21. The zero-order valence-corrected chi connectivity index (χ0v) is 9.76. The van der Waals surface area contributed by atoms with E-state index in [0.717, 1.165) is 21.1 Å². The predicted octanol–water partition coefficient (Wildman–Crippen LogP) is 3.66. The third-order valence-corrected chi connectivity index (χ3v) is 3.06. The van der Waals surface area contributed by atoms with Gasteiger partial charge in [-0.2, -0.15) is 0 Å². The second-order valence-corrected chi connectivity index (χ2v) is 4.03. The van der Waals surface area contributed by atoms with Crippen LogP contribution < -0.4 is 4.74 Å². The molecule has 0 amide bonds. The van der Waals surface area contributed by atoms with E-state index in [1.54, 1.807) is 7.11 Å². The molecular formula is C10H7BrClNO. The molecule has 1 heterocycles. The fourth-order valence-corrected chi connectivity index (χ4v) is 1.71. The third kappa shape index (κ3) is 1.70. The minimum absolute atomic E-state index is 0.464. The van der Waals surface area contributed by atoms with Crippen molar-refractivity contribution >= 4 is 38.4 Å². The van der Waals surface area contributed by atoms with Crippen LogP contribution in [0.1, 0.15) is 0 Å². The predicted molar refractivity (Wildman–Crippen MR) is 61.0 cm³/mol. The molecule has 0 radical (unpaired) electrons. The van der Waals surface area contributed by atoms with Gasteiger partial charge in [0.1, 0.15) is 10.9 Å². The number of hydrogen-bond acceptors (Lipinski definition) is 2. The molecule has 0 spiro atoms. The van der Waals surface area contributed by atoms with E-state index in [9.17, 15) is 0 Å². The minimum Gasteiger partial charge on any atom is -0.497 e. The average Bonchev–Trinajstić information content (AvgIpc) is 2.19. The first-order valence-corrected chi connectivity index (χ1v) is 5.17. The van der Waals surface area contributed by atoms with Crippen LogP contribution in [0.3, 0.4) is 0 Å². The van der Waals surface area contributed by atoms with E-state index >= 15 is 0 Å². The molecule has 0 aliphatic carbocycles.